The van der Waals surface area contributed by atoms with Gasteiger partial charge < -0.3 is 15.1 Å². The van der Waals surface area contributed by atoms with Gasteiger partial charge in [-0.1, -0.05) is 46.0 Å². The molecule has 3 N–H and O–H groups in total. The molecule has 1 aromatic heterocycles. The maximum absolute atomic E-state index is 13.0. The molecule has 2 heterocycles. The fraction of sp³-hybridized carbons (Fsp3) is 0.880. The van der Waals surface area contributed by atoms with E-state index in [1.807, 2.05) is 4.90 Å². The number of piperidine rings is 1. The quantitative estimate of drug-likeness (QED) is 0.341. The van der Waals surface area contributed by atoms with Crippen molar-refractivity contribution in [1.29, 1.82) is 0 Å². The van der Waals surface area contributed by atoms with Gasteiger partial charge in [-0.05, 0) is 64.1 Å². The number of carbonyl (C=O) groups excluding carboxylic acids is 1. The predicted molar refractivity (Wildman–Crippen MR) is 142 cm³/mol. The van der Waals surface area contributed by atoms with E-state index in [0.29, 0.717) is 30.4 Å². The van der Waals surface area contributed by atoms with E-state index < -0.39 is 16.1 Å². The Balaban J connectivity index is 1.59. The van der Waals surface area contributed by atoms with Crippen LogP contribution in [-0.2, 0) is 16.6 Å². The molecule has 11 heteroatoms. The minimum atomic E-state index is -3.47. The van der Waals surface area contributed by atoms with Gasteiger partial charge in [0.05, 0.1) is 18.3 Å². The van der Waals surface area contributed by atoms with Gasteiger partial charge in [0.2, 0.25) is 10.0 Å². The number of urea groups is 1. The van der Waals surface area contributed by atoms with Crippen LogP contribution in [0.2, 0.25) is 0 Å². The van der Waals surface area contributed by atoms with Crippen molar-refractivity contribution in [2.24, 2.45) is 5.92 Å². The second-order valence-corrected chi connectivity index (χ2v) is 12.2. The first-order valence-corrected chi connectivity index (χ1v) is 15.7. The molecule has 3 rings (SSSR count). The third-order valence-corrected chi connectivity index (χ3v) is 9.08. The van der Waals surface area contributed by atoms with E-state index in [0.717, 1.165) is 52.0 Å². The SMILES string of the molecule is CCN(CC)CCCS(=O)(=O)N[C@H](CCC1CCCCC1)c1nc(CNC(=O)N2CCCCC2)n[nH]1. The Morgan fingerprint density at radius 3 is 2.50 bits per heavy atom. The second-order valence-electron chi connectivity index (χ2n) is 10.3. The van der Waals surface area contributed by atoms with Gasteiger partial charge in [-0.2, -0.15) is 5.10 Å². The number of nitrogens with one attached hydrogen (secondary N) is 3. The van der Waals surface area contributed by atoms with Gasteiger partial charge in [-0.25, -0.2) is 22.9 Å². The zero-order valence-electron chi connectivity index (χ0n) is 22.3. The van der Waals surface area contributed by atoms with Gasteiger partial charge >= 0.3 is 6.03 Å². The molecule has 0 radical (unpaired) electrons. The van der Waals surface area contributed by atoms with E-state index >= 15 is 0 Å². The Bertz CT molecular complexity index is 876. The maximum Gasteiger partial charge on any atom is 0.317 e. The summed E-state index contributed by atoms with van der Waals surface area (Å²) >= 11 is 0. The number of carbonyl (C=O) groups is 1. The number of hydrogen-bond acceptors (Lipinski definition) is 6. The largest absolute Gasteiger partial charge is 0.331 e. The lowest BCUT2D eigenvalue weighted by Crippen LogP contribution is -2.42. The summed E-state index contributed by atoms with van der Waals surface area (Å²) in [6.45, 7) is 8.57. The lowest BCUT2D eigenvalue weighted by molar-refractivity contribution is 0.186. The van der Waals surface area contributed by atoms with Crippen molar-refractivity contribution >= 4 is 16.1 Å². The van der Waals surface area contributed by atoms with Gasteiger partial charge in [0.15, 0.2) is 5.82 Å². The molecular formula is C25H47N7O3S. The normalized spacial score (nSPS) is 18.5. The molecule has 1 atom stereocenters. The number of likely N-dealkylation sites (tertiary alicyclic amines) is 1. The van der Waals surface area contributed by atoms with Crippen LogP contribution in [0.15, 0.2) is 0 Å². The lowest BCUT2D eigenvalue weighted by Gasteiger charge is -2.26. The highest BCUT2D eigenvalue weighted by Crippen LogP contribution is 2.30. The zero-order chi connectivity index (χ0) is 25.8. The third-order valence-electron chi connectivity index (χ3n) is 7.61. The summed E-state index contributed by atoms with van der Waals surface area (Å²) in [5.41, 5.74) is 0. The van der Waals surface area contributed by atoms with Crippen molar-refractivity contribution < 1.29 is 13.2 Å². The highest BCUT2D eigenvalue weighted by atomic mass is 32.2. The second kappa shape index (κ2) is 14.9. The molecule has 2 fully saturated rings. The van der Waals surface area contributed by atoms with Crippen LogP contribution in [-0.4, -0.2) is 77.9 Å². The van der Waals surface area contributed by atoms with Gasteiger partial charge in [0, 0.05) is 13.1 Å². The Hall–Kier alpha value is -1.72. The van der Waals surface area contributed by atoms with Crippen LogP contribution in [0.1, 0.15) is 102 Å². The predicted octanol–water partition coefficient (Wildman–Crippen LogP) is 3.55. The highest BCUT2D eigenvalue weighted by molar-refractivity contribution is 7.89. The number of amides is 2. The molecule has 0 aromatic carbocycles. The minimum absolute atomic E-state index is 0.0936. The molecule has 206 valence electrons. The first-order chi connectivity index (χ1) is 17.4. The van der Waals surface area contributed by atoms with E-state index in [9.17, 15) is 13.2 Å². The van der Waals surface area contributed by atoms with Crippen molar-refractivity contribution in [1.82, 2.24) is 35.0 Å². The van der Waals surface area contributed by atoms with Crippen molar-refractivity contribution in [2.45, 2.75) is 97.1 Å². The summed E-state index contributed by atoms with van der Waals surface area (Å²) in [5.74, 6) is 1.73. The first-order valence-electron chi connectivity index (χ1n) is 14.1. The van der Waals surface area contributed by atoms with Crippen molar-refractivity contribution in [3.8, 4) is 0 Å². The molecule has 2 amide bonds. The molecule has 2 aliphatic rings. The molecule has 0 unspecified atom stereocenters. The number of aromatic amines is 1. The van der Waals surface area contributed by atoms with Gasteiger partial charge in [-0.15, -0.1) is 0 Å². The zero-order valence-corrected chi connectivity index (χ0v) is 23.1. The van der Waals surface area contributed by atoms with Crippen molar-refractivity contribution in [3.05, 3.63) is 11.6 Å². The van der Waals surface area contributed by atoms with Crippen LogP contribution in [0.5, 0.6) is 0 Å². The Morgan fingerprint density at radius 1 is 1.11 bits per heavy atom. The number of rotatable bonds is 14. The summed E-state index contributed by atoms with van der Waals surface area (Å²) in [4.78, 5) is 21.1. The highest BCUT2D eigenvalue weighted by Gasteiger charge is 2.25. The van der Waals surface area contributed by atoms with E-state index in [-0.39, 0.29) is 18.3 Å². The molecule has 1 saturated heterocycles. The summed E-state index contributed by atoms with van der Waals surface area (Å²) in [5, 5.41) is 10.1. The standard InChI is InChI=1S/C25H47N7O3S/c1-3-31(4-2)16-11-19-36(34,35)30-22(15-14-21-12-7-5-8-13-21)24-27-23(28-29-24)20-26-25(33)32-17-9-6-10-18-32/h21-22,30H,3-20H2,1-2H3,(H,26,33)(H,27,28,29)/t22-/m1/s1. The van der Waals surface area contributed by atoms with Crippen LogP contribution < -0.4 is 10.0 Å². The molecular weight excluding hydrogens is 478 g/mol. The number of sulfonamides is 1. The average Bonchev–Trinajstić information content (AvgIpc) is 3.38. The summed E-state index contributed by atoms with van der Waals surface area (Å²) in [6, 6.07) is -0.534. The van der Waals surface area contributed by atoms with E-state index in [1.165, 1.54) is 38.5 Å². The van der Waals surface area contributed by atoms with Crippen LogP contribution in [0, 0.1) is 5.92 Å². The Morgan fingerprint density at radius 2 is 1.81 bits per heavy atom. The maximum atomic E-state index is 13.0. The van der Waals surface area contributed by atoms with E-state index in [1.54, 1.807) is 0 Å². The Labute approximate surface area is 217 Å². The number of aromatic nitrogens is 3. The van der Waals surface area contributed by atoms with Crippen LogP contribution in [0.4, 0.5) is 4.79 Å². The lowest BCUT2D eigenvalue weighted by atomic mass is 9.85. The fourth-order valence-corrected chi connectivity index (χ4v) is 6.62. The topological polar surface area (TPSA) is 123 Å². The fourth-order valence-electron chi connectivity index (χ4n) is 5.33. The van der Waals surface area contributed by atoms with Crippen LogP contribution in [0.25, 0.3) is 0 Å². The van der Waals surface area contributed by atoms with Gasteiger partial charge in [0.25, 0.3) is 0 Å². The molecule has 1 saturated carbocycles. The van der Waals surface area contributed by atoms with Crippen molar-refractivity contribution in [2.75, 3.05) is 38.5 Å². The Kier molecular flexibility index (Phi) is 11.9. The number of H-pyrrole nitrogens is 1. The third kappa shape index (κ3) is 9.63. The van der Waals surface area contributed by atoms with Gasteiger partial charge in [0.1, 0.15) is 5.82 Å². The summed E-state index contributed by atoms with van der Waals surface area (Å²) < 4.78 is 28.8. The summed E-state index contributed by atoms with van der Waals surface area (Å²) in [6.07, 6.45) is 11.7. The smallest absolute Gasteiger partial charge is 0.317 e. The summed E-state index contributed by atoms with van der Waals surface area (Å²) in [7, 11) is -3.47. The number of hydrogen-bond donors (Lipinski definition) is 3. The molecule has 36 heavy (non-hydrogen) atoms. The molecule has 0 bridgehead atoms. The monoisotopic (exact) mass is 525 g/mol. The van der Waals surface area contributed by atoms with Gasteiger partial charge in [-0.3, -0.25) is 5.10 Å². The average molecular weight is 526 g/mol. The molecule has 1 aliphatic heterocycles. The minimum Gasteiger partial charge on any atom is -0.331 e. The van der Waals surface area contributed by atoms with Crippen LogP contribution >= 0.6 is 0 Å². The first kappa shape index (κ1) is 28.8. The van der Waals surface area contributed by atoms with E-state index in [4.69, 9.17) is 0 Å². The molecule has 0 spiro atoms. The number of nitrogens with zero attached hydrogens (tertiary/aromatic N) is 4. The molecule has 1 aliphatic carbocycles. The molecule has 1 aromatic rings. The van der Waals surface area contributed by atoms with E-state index in [2.05, 4.69) is 44.0 Å². The van der Waals surface area contributed by atoms with Crippen LogP contribution in [0.3, 0.4) is 0 Å². The van der Waals surface area contributed by atoms with Crippen molar-refractivity contribution in [3.63, 3.8) is 0 Å². The molecule has 10 nitrogen and oxygen atoms in total.